The molecule has 2 nitrogen and oxygen atoms in total. The normalized spacial score (nSPS) is 11.3. The van der Waals surface area contributed by atoms with Crippen molar-refractivity contribution < 1.29 is 18.0 Å². The van der Waals surface area contributed by atoms with Gasteiger partial charge in [-0.3, -0.25) is 4.79 Å². The first-order valence-electron chi connectivity index (χ1n) is 5.71. The molecule has 7 heteroatoms. The number of hydrogen-bond donors (Lipinski definition) is 1. The number of nitrogens with one attached hydrogen (secondary N) is 1. The van der Waals surface area contributed by atoms with Crippen LogP contribution in [0.25, 0.3) is 0 Å². The topological polar surface area (TPSA) is 29.1 Å². The largest absolute Gasteiger partial charge is 0.418 e. The Labute approximate surface area is 132 Å². The summed E-state index contributed by atoms with van der Waals surface area (Å²) in [4.78, 5) is 12.0. The Bertz CT molecular complexity index is 671. The zero-order valence-corrected chi connectivity index (χ0v) is 12.7. The third-order valence-corrected chi connectivity index (χ3v) is 3.41. The van der Waals surface area contributed by atoms with Crippen molar-refractivity contribution >= 4 is 39.1 Å². The van der Waals surface area contributed by atoms with Gasteiger partial charge in [-0.2, -0.15) is 13.2 Å². The minimum Gasteiger partial charge on any atom is -0.321 e. The van der Waals surface area contributed by atoms with Gasteiger partial charge in [-0.15, -0.1) is 0 Å². The van der Waals surface area contributed by atoms with E-state index in [1.54, 1.807) is 12.1 Å². The molecule has 0 heterocycles. The number of anilines is 1. The summed E-state index contributed by atoms with van der Waals surface area (Å²) in [6, 6.07) is 9.27. The number of rotatable bonds is 2. The van der Waals surface area contributed by atoms with Crippen molar-refractivity contribution in [2.75, 3.05) is 5.32 Å². The second-order valence-electron chi connectivity index (χ2n) is 4.15. The van der Waals surface area contributed by atoms with Gasteiger partial charge in [0.15, 0.2) is 0 Å². The Kier molecular flexibility index (Phi) is 4.58. The van der Waals surface area contributed by atoms with E-state index in [2.05, 4.69) is 21.2 Å². The molecule has 0 spiro atoms. The van der Waals surface area contributed by atoms with E-state index >= 15 is 0 Å². The van der Waals surface area contributed by atoms with Crippen LogP contribution in [0.4, 0.5) is 18.9 Å². The van der Waals surface area contributed by atoms with E-state index in [9.17, 15) is 18.0 Å². The molecule has 0 aliphatic carbocycles. The molecule has 0 saturated heterocycles. The summed E-state index contributed by atoms with van der Waals surface area (Å²) in [5.41, 5.74) is -1.08. The van der Waals surface area contributed by atoms with Gasteiger partial charge in [0.2, 0.25) is 0 Å². The maximum atomic E-state index is 12.9. The lowest BCUT2D eigenvalue weighted by Gasteiger charge is -2.14. The molecule has 1 N–H and O–H groups in total. The van der Waals surface area contributed by atoms with Crippen LogP contribution in [0.5, 0.6) is 0 Å². The van der Waals surface area contributed by atoms with Crippen LogP contribution in [0, 0.1) is 0 Å². The summed E-state index contributed by atoms with van der Waals surface area (Å²) in [5, 5.41) is 2.34. The summed E-state index contributed by atoms with van der Waals surface area (Å²) in [6.07, 6.45) is -4.58. The fourth-order valence-corrected chi connectivity index (χ4v) is 2.10. The summed E-state index contributed by atoms with van der Waals surface area (Å²) in [5.74, 6) is -0.643. The smallest absolute Gasteiger partial charge is 0.321 e. The van der Waals surface area contributed by atoms with Gasteiger partial charge in [0.1, 0.15) is 0 Å². The van der Waals surface area contributed by atoms with Crippen molar-refractivity contribution in [3.05, 3.63) is 63.1 Å². The maximum Gasteiger partial charge on any atom is 0.418 e. The van der Waals surface area contributed by atoms with Gasteiger partial charge in [-0.25, -0.2) is 0 Å². The number of carbonyl (C=O) groups is 1. The third kappa shape index (κ3) is 3.98. The van der Waals surface area contributed by atoms with Gasteiger partial charge in [0.05, 0.1) is 11.3 Å². The highest BCUT2D eigenvalue weighted by Crippen LogP contribution is 2.36. The fraction of sp³-hybridized carbons (Fsp3) is 0.0714. The molecule has 110 valence electrons. The molecule has 0 fully saturated rings. The monoisotopic (exact) mass is 377 g/mol. The zero-order valence-electron chi connectivity index (χ0n) is 10.3. The van der Waals surface area contributed by atoms with E-state index in [0.29, 0.717) is 0 Å². The highest BCUT2D eigenvalue weighted by Gasteiger charge is 2.34. The van der Waals surface area contributed by atoms with Crippen molar-refractivity contribution in [2.24, 2.45) is 0 Å². The number of carbonyl (C=O) groups excluding carboxylic acids is 1. The summed E-state index contributed by atoms with van der Waals surface area (Å²) >= 11 is 8.90. The molecule has 2 rings (SSSR count). The molecular weight excluding hydrogens is 371 g/mol. The van der Waals surface area contributed by atoms with Gasteiger partial charge in [0, 0.05) is 15.1 Å². The molecule has 0 aromatic heterocycles. The molecule has 0 saturated carbocycles. The van der Waals surface area contributed by atoms with Crippen molar-refractivity contribution in [1.82, 2.24) is 0 Å². The number of alkyl halides is 3. The molecule has 1 amide bonds. The molecular formula is C14H8BrClF3NO. The van der Waals surface area contributed by atoms with Crippen LogP contribution < -0.4 is 5.32 Å². The van der Waals surface area contributed by atoms with E-state index in [-0.39, 0.29) is 16.3 Å². The van der Waals surface area contributed by atoms with Gasteiger partial charge in [0.25, 0.3) is 5.91 Å². The minimum atomic E-state index is -4.58. The average Bonchev–Trinajstić information content (AvgIpc) is 2.38. The predicted molar refractivity (Wildman–Crippen MR) is 78.5 cm³/mol. The van der Waals surface area contributed by atoms with Crippen LogP contribution >= 0.6 is 27.5 Å². The Morgan fingerprint density at radius 2 is 1.71 bits per heavy atom. The van der Waals surface area contributed by atoms with Gasteiger partial charge in [-0.05, 0) is 42.5 Å². The number of hydrogen-bond acceptors (Lipinski definition) is 1. The molecule has 2 aromatic carbocycles. The van der Waals surface area contributed by atoms with Crippen LogP contribution in [-0.2, 0) is 6.18 Å². The quantitative estimate of drug-likeness (QED) is 0.747. The fourth-order valence-electron chi connectivity index (χ4n) is 1.66. The molecule has 0 bridgehead atoms. The molecule has 0 unspecified atom stereocenters. The van der Waals surface area contributed by atoms with Crippen molar-refractivity contribution in [2.45, 2.75) is 6.18 Å². The molecule has 0 radical (unpaired) electrons. The Hall–Kier alpha value is -1.53. The minimum absolute atomic E-state index is 0.106. The van der Waals surface area contributed by atoms with Crippen LogP contribution in [0.3, 0.4) is 0 Å². The van der Waals surface area contributed by atoms with Crippen LogP contribution in [-0.4, -0.2) is 5.91 Å². The maximum absolute atomic E-state index is 12.9. The van der Waals surface area contributed by atoms with E-state index < -0.39 is 17.6 Å². The van der Waals surface area contributed by atoms with E-state index in [1.165, 1.54) is 12.1 Å². The SMILES string of the molecule is O=C(Nc1cc(Cl)ccc1C(F)(F)F)c1ccc(Br)cc1. The Morgan fingerprint density at radius 3 is 2.29 bits per heavy atom. The number of benzene rings is 2. The number of amides is 1. The van der Waals surface area contributed by atoms with E-state index in [0.717, 1.165) is 22.7 Å². The van der Waals surface area contributed by atoms with Crippen molar-refractivity contribution in [1.29, 1.82) is 0 Å². The van der Waals surface area contributed by atoms with Gasteiger partial charge < -0.3 is 5.32 Å². The first-order valence-corrected chi connectivity index (χ1v) is 6.88. The second kappa shape index (κ2) is 6.07. The highest BCUT2D eigenvalue weighted by atomic mass is 79.9. The van der Waals surface area contributed by atoms with Gasteiger partial charge in [-0.1, -0.05) is 27.5 Å². The molecule has 0 aliphatic rings. The van der Waals surface area contributed by atoms with Crippen LogP contribution in [0.2, 0.25) is 5.02 Å². The summed E-state index contributed by atoms with van der Waals surface area (Å²) in [7, 11) is 0. The average molecular weight is 379 g/mol. The zero-order chi connectivity index (χ0) is 15.6. The number of halogens is 5. The lowest BCUT2D eigenvalue weighted by atomic mass is 10.1. The Morgan fingerprint density at radius 1 is 1.10 bits per heavy atom. The highest BCUT2D eigenvalue weighted by molar-refractivity contribution is 9.10. The van der Waals surface area contributed by atoms with Crippen molar-refractivity contribution in [3.63, 3.8) is 0 Å². The second-order valence-corrected chi connectivity index (χ2v) is 5.50. The summed E-state index contributed by atoms with van der Waals surface area (Å²) < 4.78 is 39.4. The molecule has 0 atom stereocenters. The summed E-state index contributed by atoms with van der Waals surface area (Å²) in [6.45, 7) is 0. The first-order chi connectivity index (χ1) is 9.77. The van der Waals surface area contributed by atoms with Gasteiger partial charge >= 0.3 is 6.18 Å². The van der Waals surface area contributed by atoms with Crippen molar-refractivity contribution in [3.8, 4) is 0 Å². The third-order valence-electron chi connectivity index (χ3n) is 2.64. The molecule has 21 heavy (non-hydrogen) atoms. The molecule has 2 aromatic rings. The van der Waals surface area contributed by atoms with Crippen LogP contribution in [0.15, 0.2) is 46.9 Å². The predicted octanol–water partition coefficient (Wildman–Crippen LogP) is 5.37. The standard InChI is InChI=1S/C14H8BrClF3NO/c15-9-3-1-8(2-4-9)13(21)20-12-7-10(16)5-6-11(12)14(17,18)19/h1-7H,(H,20,21). The first kappa shape index (κ1) is 15.9. The lowest BCUT2D eigenvalue weighted by Crippen LogP contribution is -2.16. The van der Waals surface area contributed by atoms with E-state index in [4.69, 9.17) is 11.6 Å². The lowest BCUT2D eigenvalue weighted by molar-refractivity contribution is -0.136. The Balaban J connectivity index is 2.32. The van der Waals surface area contributed by atoms with E-state index in [1.807, 2.05) is 0 Å². The van der Waals surface area contributed by atoms with Crippen LogP contribution in [0.1, 0.15) is 15.9 Å². The molecule has 0 aliphatic heterocycles.